The number of rotatable bonds is 4. The SMILES string of the molecule is C=CC[C@@H](O)C[C@@H]1C=C(F)C(F)=CC1(C)F. The Bertz CT molecular complexity index is 331. The van der Waals surface area contributed by atoms with Crippen LogP contribution in [0.5, 0.6) is 0 Å². The molecular formula is C12H15F3O. The van der Waals surface area contributed by atoms with Gasteiger partial charge < -0.3 is 5.11 Å². The number of allylic oxidation sites excluding steroid dienone is 4. The first-order valence-electron chi connectivity index (χ1n) is 5.10. The van der Waals surface area contributed by atoms with Crippen LogP contribution in [0.25, 0.3) is 0 Å². The Hall–Kier alpha value is -1.03. The normalized spacial score (nSPS) is 31.7. The van der Waals surface area contributed by atoms with Crippen molar-refractivity contribution in [2.75, 3.05) is 0 Å². The second kappa shape index (κ2) is 4.87. The largest absolute Gasteiger partial charge is 0.393 e. The predicted molar refractivity (Wildman–Crippen MR) is 56.8 cm³/mol. The molecule has 0 aromatic carbocycles. The Kier molecular flexibility index (Phi) is 3.97. The minimum absolute atomic E-state index is 0.0379. The van der Waals surface area contributed by atoms with Gasteiger partial charge in [0, 0.05) is 5.92 Å². The Morgan fingerprint density at radius 2 is 2.19 bits per heavy atom. The van der Waals surface area contributed by atoms with Gasteiger partial charge in [0.1, 0.15) is 5.67 Å². The van der Waals surface area contributed by atoms with Gasteiger partial charge in [-0.05, 0) is 31.9 Å². The number of aliphatic hydroxyl groups excluding tert-OH is 1. The molecule has 1 nitrogen and oxygen atoms in total. The van der Waals surface area contributed by atoms with Crippen molar-refractivity contribution in [2.45, 2.75) is 31.5 Å². The zero-order valence-electron chi connectivity index (χ0n) is 9.09. The summed E-state index contributed by atoms with van der Waals surface area (Å²) in [6, 6.07) is 0. The highest BCUT2D eigenvalue weighted by Crippen LogP contribution is 2.37. The van der Waals surface area contributed by atoms with Gasteiger partial charge in [0.05, 0.1) is 6.10 Å². The molecule has 1 aliphatic rings. The Labute approximate surface area is 93.0 Å². The van der Waals surface area contributed by atoms with Crippen LogP contribution in [0.1, 0.15) is 19.8 Å². The molecule has 1 aliphatic carbocycles. The average molecular weight is 232 g/mol. The van der Waals surface area contributed by atoms with E-state index in [1.54, 1.807) is 0 Å². The first kappa shape index (κ1) is 13.0. The fourth-order valence-electron chi connectivity index (χ4n) is 1.72. The van der Waals surface area contributed by atoms with E-state index in [2.05, 4.69) is 6.58 Å². The van der Waals surface area contributed by atoms with Crippen LogP contribution >= 0.6 is 0 Å². The zero-order chi connectivity index (χ0) is 12.3. The molecule has 4 heteroatoms. The highest BCUT2D eigenvalue weighted by atomic mass is 19.2. The van der Waals surface area contributed by atoms with Gasteiger partial charge in [0.2, 0.25) is 0 Å². The average Bonchev–Trinajstić information content (AvgIpc) is 2.14. The molecule has 0 aromatic rings. The van der Waals surface area contributed by atoms with Crippen LogP contribution in [0.15, 0.2) is 36.5 Å². The van der Waals surface area contributed by atoms with Crippen LogP contribution in [0.3, 0.4) is 0 Å². The zero-order valence-corrected chi connectivity index (χ0v) is 9.09. The first-order chi connectivity index (χ1) is 7.36. The fourth-order valence-corrected chi connectivity index (χ4v) is 1.72. The van der Waals surface area contributed by atoms with E-state index in [1.807, 2.05) is 0 Å². The summed E-state index contributed by atoms with van der Waals surface area (Å²) >= 11 is 0. The maximum atomic E-state index is 13.9. The van der Waals surface area contributed by atoms with Gasteiger partial charge in [-0.25, -0.2) is 13.2 Å². The number of hydrogen-bond acceptors (Lipinski definition) is 1. The molecule has 0 amide bonds. The van der Waals surface area contributed by atoms with E-state index in [0.717, 1.165) is 6.08 Å². The van der Waals surface area contributed by atoms with Gasteiger partial charge >= 0.3 is 0 Å². The summed E-state index contributed by atoms with van der Waals surface area (Å²) in [5.41, 5.74) is -1.97. The molecule has 0 bridgehead atoms. The lowest BCUT2D eigenvalue weighted by Crippen LogP contribution is -2.31. The van der Waals surface area contributed by atoms with Gasteiger partial charge in [0.25, 0.3) is 0 Å². The molecule has 0 radical (unpaired) electrons. The molecule has 0 spiro atoms. The number of hydrogen-bond donors (Lipinski definition) is 1. The predicted octanol–water partition coefficient (Wildman–Crippen LogP) is 3.38. The summed E-state index contributed by atoms with van der Waals surface area (Å²) < 4.78 is 39.7. The quantitative estimate of drug-likeness (QED) is 0.737. The second-order valence-electron chi connectivity index (χ2n) is 4.18. The van der Waals surface area contributed by atoms with E-state index in [0.29, 0.717) is 12.5 Å². The molecule has 0 heterocycles. The molecule has 90 valence electrons. The van der Waals surface area contributed by atoms with Crippen molar-refractivity contribution in [1.82, 2.24) is 0 Å². The number of halogens is 3. The topological polar surface area (TPSA) is 20.2 Å². The summed E-state index contributed by atoms with van der Waals surface area (Å²) in [6.45, 7) is 4.61. The molecule has 1 N–H and O–H groups in total. The van der Waals surface area contributed by atoms with Crippen molar-refractivity contribution in [3.05, 3.63) is 36.5 Å². The monoisotopic (exact) mass is 232 g/mol. The minimum atomic E-state index is -1.97. The van der Waals surface area contributed by atoms with Gasteiger partial charge in [-0.3, -0.25) is 0 Å². The van der Waals surface area contributed by atoms with Crippen LogP contribution in [-0.2, 0) is 0 Å². The molecule has 0 aromatic heterocycles. The van der Waals surface area contributed by atoms with E-state index in [9.17, 15) is 18.3 Å². The lowest BCUT2D eigenvalue weighted by atomic mass is 9.82. The maximum absolute atomic E-state index is 13.9. The minimum Gasteiger partial charge on any atom is -0.393 e. The van der Waals surface area contributed by atoms with Gasteiger partial charge in [-0.15, -0.1) is 6.58 Å². The van der Waals surface area contributed by atoms with E-state index >= 15 is 0 Å². The summed E-state index contributed by atoms with van der Waals surface area (Å²) in [6.07, 6.45) is 2.55. The van der Waals surface area contributed by atoms with Gasteiger partial charge in [0.15, 0.2) is 11.7 Å². The fraction of sp³-hybridized carbons (Fsp3) is 0.500. The molecule has 1 rings (SSSR count). The van der Waals surface area contributed by atoms with Crippen molar-refractivity contribution in [3.8, 4) is 0 Å². The van der Waals surface area contributed by atoms with Crippen molar-refractivity contribution >= 4 is 0 Å². The molecule has 16 heavy (non-hydrogen) atoms. The van der Waals surface area contributed by atoms with Crippen LogP contribution < -0.4 is 0 Å². The van der Waals surface area contributed by atoms with Crippen molar-refractivity contribution in [1.29, 1.82) is 0 Å². The number of alkyl halides is 1. The Balaban J connectivity index is 2.77. The van der Waals surface area contributed by atoms with Gasteiger partial charge in [-0.2, -0.15) is 0 Å². The maximum Gasteiger partial charge on any atom is 0.157 e. The van der Waals surface area contributed by atoms with Crippen molar-refractivity contribution in [3.63, 3.8) is 0 Å². The van der Waals surface area contributed by atoms with Crippen LogP contribution in [-0.4, -0.2) is 16.9 Å². The highest BCUT2D eigenvalue weighted by molar-refractivity contribution is 5.30. The van der Waals surface area contributed by atoms with Crippen molar-refractivity contribution in [2.24, 2.45) is 5.92 Å². The summed E-state index contributed by atoms with van der Waals surface area (Å²) in [5, 5.41) is 9.48. The first-order valence-corrected chi connectivity index (χ1v) is 5.10. The summed E-state index contributed by atoms with van der Waals surface area (Å²) in [7, 11) is 0. The lowest BCUT2D eigenvalue weighted by molar-refractivity contribution is 0.0996. The van der Waals surface area contributed by atoms with E-state index in [-0.39, 0.29) is 6.42 Å². The number of aliphatic hydroxyl groups is 1. The van der Waals surface area contributed by atoms with Crippen molar-refractivity contribution < 1.29 is 18.3 Å². The standard InChI is InChI=1S/C12H15F3O/c1-3-4-9(16)5-8-6-10(13)11(14)7-12(8,2)15/h3,6-9,16H,1,4-5H2,2H3/t8-,9-,12?/m1/s1. The van der Waals surface area contributed by atoms with Crippen LogP contribution in [0.4, 0.5) is 13.2 Å². The third kappa shape index (κ3) is 2.98. The summed E-state index contributed by atoms with van der Waals surface area (Å²) in [4.78, 5) is 0. The Morgan fingerprint density at radius 3 is 2.75 bits per heavy atom. The molecular weight excluding hydrogens is 217 g/mol. The van der Waals surface area contributed by atoms with Gasteiger partial charge in [-0.1, -0.05) is 6.08 Å². The summed E-state index contributed by atoms with van der Waals surface area (Å²) in [5.74, 6) is -3.10. The highest BCUT2D eigenvalue weighted by Gasteiger charge is 2.37. The van der Waals surface area contributed by atoms with E-state index in [1.165, 1.54) is 13.0 Å². The van der Waals surface area contributed by atoms with Crippen LogP contribution in [0.2, 0.25) is 0 Å². The third-order valence-electron chi connectivity index (χ3n) is 2.67. The van der Waals surface area contributed by atoms with Crippen LogP contribution in [0, 0.1) is 5.92 Å². The molecule has 0 saturated heterocycles. The molecule has 3 atom stereocenters. The Morgan fingerprint density at radius 1 is 1.56 bits per heavy atom. The third-order valence-corrected chi connectivity index (χ3v) is 2.67. The lowest BCUT2D eigenvalue weighted by Gasteiger charge is -2.29. The second-order valence-corrected chi connectivity index (χ2v) is 4.18. The molecule has 0 aliphatic heterocycles. The molecule has 0 fully saturated rings. The van der Waals surface area contributed by atoms with E-state index < -0.39 is 29.3 Å². The molecule has 0 saturated carbocycles. The smallest absolute Gasteiger partial charge is 0.157 e. The molecule has 1 unspecified atom stereocenters. The van der Waals surface area contributed by atoms with E-state index in [4.69, 9.17) is 0 Å².